The van der Waals surface area contributed by atoms with Gasteiger partial charge in [0.05, 0.1) is 0 Å². The minimum atomic E-state index is 0.422. The van der Waals surface area contributed by atoms with Gasteiger partial charge in [-0.15, -0.1) is 6.58 Å². The second-order valence-corrected chi connectivity index (χ2v) is 4.25. The first-order valence-corrected chi connectivity index (χ1v) is 6.57. The van der Waals surface area contributed by atoms with Crippen molar-refractivity contribution in [2.75, 3.05) is 20.1 Å². The number of nitrogens with zero attached hydrogens (tertiary/aromatic N) is 4. The van der Waals surface area contributed by atoms with E-state index in [0.717, 1.165) is 31.9 Å². The summed E-state index contributed by atoms with van der Waals surface area (Å²) in [4.78, 5) is 10.7. The molecule has 0 radical (unpaired) electrons. The second-order valence-electron chi connectivity index (χ2n) is 4.25. The lowest BCUT2D eigenvalue weighted by molar-refractivity contribution is 0.387. The fourth-order valence-electron chi connectivity index (χ4n) is 1.60. The Morgan fingerprint density at radius 1 is 1.58 bits per heavy atom. The molecule has 106 valence electrons. The van der Waals surface area contributed by atoms with E-state index >= 15 is 0 Å². The van der Waals surface area contributed by atoms with Crippen molar-refractivity contribution in [3.8, 4) is 0 Å². The maximum atomic E-state index is 4.92. The smallest absolute Gasteiger partial charge is 0.223 e. The molecule has 0 aliphatic heterocycles. The number of unbranched alkanes of at least 4 members (excludes halogenated alkanes) is 1. The van der Waals surface area contributed by atoms with Gasteiger partial charge in [-0.3, -0.25) is 0 Å². The number of aliphatic imine (C=N–C) groups is 1. The van der Waals surface area contributed by atoms with Crippen LogP contribution in [0.5, 0.6) is 0 Å². The molecule has 0 fully saturated rings. The standard InChI is InChI=1S/C13H23N5O/c1-5-7-8-9-18(4)13(14-6-2)15-10-12-16-11(3)19-17-12/h5H,1,6-10H2,2-4H3,(H,14,15). The summed E-state index contributed by atoms with van der Waals surface area (Å²) in [5, 5.41) is 7.08. The predicted molar refractivity (Wildman–Crippen MR) is 75.9 cm³/mol. The van der Waals surface area contributed by atoms with Crippen LogP contribution in [-0.4, -0.2) is 41.1 Å². The maximum Gasteiger partial charge on any atom is 0.223 e. The molecule has 0 aromatic carbocycles. The average Bonchev–Trinajstić information content (AvgIpc) is 2.80. The van der Waals surface area contributed by atoms with Gasteiger partial charge in [0.25, 0.3) is 0 Å². The maximum absolute atomic E-state index is 4.92. The molecule has 6 heteroatoms. The van der Waals surface area contributed by atoms with E-state index in [0.29, 0.717) is 18.3 Å². The topological polar surface area (TPSA) is 66.5 Å². The van der Waals surface area contributed by atoms with E-state index in [2.05, 4.69) is 31.9 Å². The van der Waals surface area contributed by atoms with E-state index in [1.54, 1.807) is 6.92 Å². The van der Waals surface area contributed by atoms with Crippen LogP contribution < -0.4 is 5.32 Å². The lowest BCUT2D eigenvalue weighted by atomic mass is 10.3. The molecule has 0 atom stereocenters. The highest BCUT2D eigenvalue weighted by Gasteiger charge is 2.06. The third kappa shape index (κ3) is 5.54. The molecule has 0 saturated heterocycles. The third-order valence-corrected chi connectivity index (χ3v) is 2.54. The summed E-state index contributed by atoms with van der Waals surface area (Å²) in [7, 11) is 2.02. The summed E-state index contributed by atoms with van der Waals surface area (Å²) in [5.41, 5.74) is 0. The van der Waals surface area contributed by atoms with Gasteiger partial charge in [0.1, 0.15) is 6.54 Å². The molecule has 1 N–H and O–H groups in total. The Labute approximate surface area is 114 Å². The monoisotopic (exact) mass is 265 g/mol. The molecule has 1 heterocycles. The number of hydrogen-bond acceptors (Lipinski definition) is 4. The molecule has 0 saturated carbocycles. The zero-order chi connectivity index (χ0) is 14.1. The lowest BCUT2D eigenvalue weighted by Crippen LogP contribution is -2.39. The Bertz CT molecular complexity index is 413. The van der Waals surface area contributed by atoms with Crippen LogP contribution in [0, 0.1) is 6.92 Å². The summed E-state index contributed by atoms with van der Waals surface area (Å²) in [6.07, 6.45) is 4.00. The molecular formula is C13H23N5O. The normalized spacial score (nSPS) is 11.4. The molecule has 6 nitrogen and oxygen atoms in total. The van der Waals surface area contributed by atoms with Crippen molar-refractivity contribution in [3.63, 3.8) is 0 Å². The molecule has 1 rings (SSSR count). The van der Waals surface area contributed by atoms with Crippen LogP contribution in [0.2, 0.25) is 0 Å². The van der Waals surface area contributed by atoms with Gasteiger partial charge in [-0.2, -0.15) is 4.98 Å². The molecular weight excluding hydrogens is 242 g/mol. The summed E-state index contributed by atoms with van der Waals surface area (Å²) in [5.74, 6) is 2.02. The van der Waals surface area contributed by atoms with Crippen molar-refractivity contribution < 1.29 is 4.52 Å². The van der Waals surface area contributed by atoms with Gasteiger partial charge in [0.15, 0.2) is 11.8 Å². The van der Waals surface area contributed by atoms with Crippen LogP contribution in [0.25, 0.3) is 0 Å². The first kappa shape index (κ1) is 15.2. The zero-order valence-electron chi connectivity index (χ0n) is 12.0. The number of allylic oxidation sites excluding steroid dienone is 1. The van der Waals surface area contributed by atoms with Crippen molar-refractivity contribution in [1.29, 1.82) is 0 Å². The number of aryl methyl sites for hydroxylation is 1. The van der Waals surface area contributed by atoms with E-state index < -0.39 is 0 Å². The quantitative estimate of drug-likeness (QED) is 0.352. The molecule has 0 spiro atoms. The first-order chi connectivity index (χ1) is 9.17. The zero-order valence-corrected chi connectivity index (χ0v) is 12.0. The largest absolute Gasteiger partial charge is 0.357 e. The lowest BCUT2D eigenvalue weighted by Gasteiger charge is -2.21. The van der Waals surface area contributed by atoms with E-state index in [1.165, 1.54) is 0 Å². The summed E-state index contributed by atoms with van der Waals surface area (Å²) < 4.78 is 4.92. The average molecular weight is 265 g/mol. The van der Waals surface area contributed by atoms with Crippen LogP contribution in [0.15, 0.2) is 22.2 Å². The summed E-state index contributed by atoms with van der Waals surface area (Å²) in [6.45, 7) is 9.73. The fourth-order valence-corrected chi connectivity index (χ4v) is 1.60. The van der Waals surface area contributed by atoms with Gasteiger partial charge in [-0.25, -0.2) is 4.99 Å². The second kappa shape index (κ2) is 8.29. The van der Waals surface area contributed by atoms with Gasteiger partial charge in [0.2, 0.25) is 5.89 Å². The van der Waals surface area contributed by atoms with Crippen molar-refractivity contribution in [2.45, 2.75) is 33.2 Å². The third-order valence-electron chi connectivity index (χ3n) is 2.54. The van der Waals surface area contributed by atoms with E-state index in [4.69, 9.17) is 4.52 Å². The van der Waals surface area contributed by atoms with Gasteiger partial charge in [-0.1, -0.05) is 11.2 Å². The molecule has 19 heavy (non-hydrogen) atoms. The highest BCUT2D eigenvalue weighted by molar-refractivity contribution is 5.79. The van der Waals surface area contributed by atoms with Crippen molar-refractivity contribution in [2.24, 2.45) is 4.99 Å². The summed E-state index contributed by atoms with van der Waals surface area (Å²) >= 11 is 0. The number of nitrogens with one attached hydrogen (secondary N) is 1. The van der Waals surface area contributed by atoms with E-state index in [-0.39, 0.29) is 0 Å². The van der Waals surface area contributed by atoms with Crippen molar-refractivity contribution in [3.05, 3.63) is 24.4 Å². The van der Waals surface area contributed by atoms with Crippen LogP contribution in [0.3, 0.4) is 0 Å². The Morgan fingerprint density at radius 2 is 2.37 bits per heavy atom. The van der Waals surface area contributed by atoms with Crippen molar-refractivity contribution >= 4 is 5.96 Å². The number of hydrogen-bond donors (Lipinski definition) is 1. The Balaban J connectivity index is 2.56. The van der Waals surface area contributed by atoms with Gasteiger partial charge in [0, 0.05) is 27.1 Å². The predicted octanol–water partition coefficient (Wildman–Crippen LogP) is 1.74. The minimum Gasteiger partial charge on any atom is -0.357 e. The number of aromatic nitrogens is 2. The van der Waals surface area contributed by atoms with Gasteiger partial charge < -0.3 is 14.7 Å². The Kier molecular flexibility index (Phi) is 6.63. The highest BCUT2D eigenvalue weighted by atomic mass is 16.5. The highest BCUT2D eigenvalue weighted by Crippen LogP contribution is 1.99. The fraction of sp³-hybridized carbons (Fsp3) is 0.615. The first-order valence-electron chi connectivity index (χ1n) is 6.57. The van der Waals surface area contributed by atoms with Gasteiger partial charge in [-0.05, 0) is 19.8 Å². The SMILES string of the molecule is C=CCCCN(C)C(=NCc1noc(C)n1)NCC. The molecule has 0 aliphatic rings. The minimum absolute atomic E-state index is 0.422. The van der Waals surface area contributed by atoms with Crippen LogP contribution in [-0.2, 0) is 6.54 Å². The van der Waals surface area contributed by atoms with Gasteiger partial charge >= 0.3 is 0 Å². The molecule has 1 aromatic heterocycles. The molecule has 1 aromatic rings. The number of guanidine groups is 1. The van der Waals surface area contributed by atoms with E-state index in [1.807, 2.05) is 20.0 Å². The molecule has 0 bridgehead atoms. The number of rotatable bonds is 7. The molecule has 0 aliphatic carbocycles. The Morgan fingerprint density at radius 3 is 2.95 bits per heavy atom. The summed E-state index contributed by atoms with van der Waals surface area (Å²) in [6, 6.07) is 0. The van der Waals surface area contributed by atoms with Crippen molar-refractivity contribution in [1.82, 2.24) is 20.4 Å². The molecule has 0 unspecified atom stereocenters. The van der Waals surface area contributed by atoms with Crippen LogP contribution in [0.1, 0.15) is 31.5 Å². The van der Waals surface area contributed by atoms with E-state index in [9.17, 15) is 0 Å². The molecule has 0 amide bonds. The van der Waals surface area contributed by atoms with Crippen LogP contribution in [0.4, 0.5) is 0 Å². The van der Waals surface area contributed by atoms with Crippen LogP contribution >= 0.6 is 0 Å². The Hall–Kier alpha value is -1.85.